The summed E-state index contributed by atoms with van der Waals surface area (Å²) in [7, 11) is 0. The summed E-state index contributed by atoms with van der Waals surface area (Å²) in [5, 5.41) is 6.52. The van der Waals surface area contributed by atoms with Crippen molar-refractivity contribution in [1.82, 2.24) is 4.98 Å². The summed E-state index contributed by atoms with van der Waals surface area (Å²) in [6.07, 6.45) is 1.49. The number of carbonyl (C=O) groups is 2. The van der Waals surface area contributed by atoms with E-state index >= 15 is 0 Å². The normalized spacial score (nSPS) is 10.2. The van der Waals surface area contributed by atoms with Crippen LogP contribution >= 0.6 is 11.6 Å². The number of halogens is 1. The second-order valence-electron chi connectivity index (χ2n) is 5.66. The average Bonchev–Trinajstić information content (AvgIpc) is 2.63. The van der Waals surface area contributed by atoms with Gasteiger partial charge < -0.3 is 10.6 Å². The van der Waals surface area contributed by atoms with Gasteiger partial charge in [-0.05, 0) is 61.5 Å². The molecule has 1 aromatic heterocycles. The first-order valence-electron chi connectivity index (χ1n) is 7.92. The smallest absolute Gasteiger partial charge is 0.257 e. The van der Waals surface area contributed by atoms with Crippen LogP contribution in [0.15, 0.2) is 66.9 Å². The zero-order valence-corrected chi connectivity index (χ0v) is 14.7. The molecule has 1 amide bonds. The van der Waals surface area contributed by atoms with Crippen molar-refractivity contribution in [2.24, 2.45) is 0 Å². The molecule has 5 nitrogen and oxygen atoms in total. The molecule has 3 rings (SSSR count). The highest BCUT2D eigenvalue weighted by molar-refractivity contribution is 6.30. The van der Waals surface area contributed by atoms with E-state index in [1.165, 1.54) is 13.1 Å². The Hall–Kier alpha value is -3.18. The van der Waals surface area contributed by atoms with Crippen molar-refractivity contribution in [3.63, 3.8) is 0 Å². The third-order valence-corrected chi connectivity index (χ3v) is 3.91. The van der Waals surface area contributed by atoms with Crippen molar-refractivity contribution < 1.29 is 9.59 Å². The zero-order chi connectivity index (χ0) is 18.5. The maximum Gasteiger partial charge on any atom is 0.257 e. The van der Waals surface area contributed by atoms with E-state index in [0.717, 1.165) is 5.69 Å². The van der Waals surface area contributed by atoms with Gasteiger partial charge in [0.1, 0.15) is 5.82 Å². The molecule has 0 spiro atoms. The number of carbonyl (C=O) groups excluding carboxylic acids is 2. The van der Waals surface area contributed by atoms with Gasteiger partial charge in [0.15, 0.2) is 5.78 Å². The predicted octanol–water partition coefficient (Wildman–Crippen LogP) is 4.93. The van der Waals surface area contributed by atoms with Crippen molar-refractivity contribution in [3.8, 4) is 0 Å². The number of pyridine rings is 1. The molecule has 2 N–H and O–H groups in total. The predicted molar refractivity (Wildman–Crippen MR) is 103 cm³/mol. The molecule has 2 aromatic carbocycles. The number of nitrogens with zero attached hydrogens (tertiary/aromatic N) is 1. The summed E-state index contributed by atoms with van der Waals surface area (Å²) in [5.74, 6) is 0.312. The van der Waals surface area contributed by atoms with Gasteiger partial charge >= 0.3 is 0 Å². The molecule has 1 heterocycles. The fourth-order valence-electron chi connectivity index (χ4n) is 2.31. The topological polar surface area (TPSA) is 71.1 Å². The molecule has 0 radical (unpaired) electrons. The van der Waals surface area contributed by atoms with E-state index in [9.17, 15) is 9.59 Å². The quantitative estimate of drug-likeness (QED) is 0.628. The van der Waals surface area contributed by atoms with Gasteiger partial charge in [0.2, 0.25) is 0 Å². The van der Waals surface area contributed by atoms with Gasteiger partial charge in [-0.2, -0.15) is 0 Å². The van der Waals surface area contributed by atoms with Gasteiger partial charge in [0.05, 0.1) is 5.56 Å². The summed E-state index contributed by atoms with van der Waals surface area (Å²) in [4.78, 5) is 27.8. The van der Waals surface area contributed by atoms with Gasteiger partial charge in [0, 0.05) is 28.2 Å². The lowest BCUT2D eigenvalue weighted by atomic mass is 10.1. The maximum atomic E-state index is 12.3. The minimum absolute atomic E-state index is 0.0186. The SMILES string of the molecule is CC(=O)c1ccc(NC(=O)c2ccc(Nc3cccc(Cl)c3)nc2)cc1. The van der Waals surface area contributed by atoms with Crippen LogP contribution in [0.1, 0.15) is 27.6 Å². The number of ketones is 1. The molecule has 0 saturated heterocycles. The van der Waals surface area contributed by atoms with Crippen LogP contribution in [0.5, 0.6) is 0 Å². The number of Topliss-reactive ketones (excluding diaryl/α,β-unsaturated/α-hetero) is 1. The fraction of sp³-hybridized carbons (Fsp3) is 0.0500. The van der Waals surface area contributed by atoms with E-state index < -0.39 is 0 Å². The number of aromatic nitrogens is 1. The average molecular weight is 366 g/mol. The summed E-state index contributed by atoms with van der Waals surface area (Å²) in [6, 6.07) is 17.4. The second-order valence-corrected chi connectivity index (χ2v) is 6.09. The lowest BCUT2D eigenvalue weighted by molar-refractivity contribution is 0.101. The fourth-order valence-corrected chi connectivity index (χ4v) is 2.50. The molecule has 0 bridgehead atoms. The van der Waals surface area contributed by atoms with E-state index in [4.69, 9.17) is 11.6 Å². The Bertz CT molecular complexity index is 938. The van der Waals surface area contributed by atoms with Crippen LogP contribution in [-0.4, -0.2) is 16.7 Å². The Balaban J connectivity index is 1.65. The monoisotopic (exact) mass is 365 g/mol. The molecular formula is C20H16ClN3O2. The molecule has 0 aliphatic heterocycles. The van der Waals surface area contributed by atoms with Gasteiger partial charge in [-0.3, -0.25) is 9.59 Å². The summed E-state index contributed by atoms with van der Waals surface area (Å²) < 4.78 is 0. The maximum absolute atomic E-state index is 12.3. The van der Waals surface area contributed by atoms with E-state index in [0.29, 0.717) is 27.7 Å². The molecule has 130 valence electrons. The molecule has 0 fully saturated rings. The van der Waals surface area contributed by atoms with Crippen LogP contribution in [0, 0.1) is 0 Å². The van der Waals surface area contributed by atoms with Crippen LogP contribution in [0.25, 0.3) is 0 Å². The molecule has 26 heavy (non-hydrogen) atoms. The molecule has 0 saturated carbocycles. The van der Waals surface area contributed by atoms with Gasteiger partial charge in [0.25, 0.3) is 5.91 Å². The molecule has 0 aliphatic rings. The summed E-state index contributed by atoms with van der Waals surface area (Å²) in [5.41, 5.74) is 2.45. The van der Waals surface area contributed by atoms with Crippen LogP contribution in [-0.2, 0) is 0 Å². The highest BCUT2D eigenvalue weighted by atomic mass is 35.5. The molecular weight excluding hydrogens is 350 g/mol. The number of rotatable bonds is 5. The van der Waals surface area contributed by atoms with E-state index in [1.54, 1.807) is 48.5 Å². The Morgan fingerprint density at radius 1 is 0.923 bits per heavy atom. The number of nitrogens with one attached hydrogen (secondary N) is 2. The minimum atomic E-state index is -0.276. The van der Waals surface area contributed by atoms with E-state index in [-0.39, 0.29) is 11.7 Å². The molecule has 0 unspecified atom stereocenters. The van der Waals surface area contributed by atoms with Gasteiger partial charge in [-0.25, -0.2) is 4.98 Å². The van der Waals surface area contributed by atoms with Crippen molar-refractivity contribution in [2.75, 3.05) is 10.6 Å². The molecule has 0 atom stereocenters. The van der Waals surface area contributed by atoms with Crippen molar-refractivity contribution in [3.05, 3.63) is 83.0 Å². The third kappa shape index (κ3) is 4.46. The highest BCUT2D eigenvalue weighted by Gasteiger charge is 2.08. The van der Waals surface area contributed by atoms with Crippen LogP contribution in [0.3, 0.4) is 0 Å². The van der Waals surface area contributed by atoms with Crippen molar-refractivity contribution >= 4 is 40.5 Å². The lowest BCUT2D eigenvalue weighted by Crippen LogP contribution is -2.12. The van der Waals surface area contributed by atoms with Crippen LogP contribution in [0.4, 0.5) is 17.2 Å². The summed E-state index contributed by atoms with van der Waals surface area (Å²) in [6.45, 7) is 1.50. The number of hydrogen-bond donors (Lipinski definition) is 2. The van der Waals surface area contributed by atoms with Crippen LogP contribution in [0.2, 0.25) is 5.02 Å². The van der Waals surface area contributed by atoms with Crippen molar-refractivity contribution in [2.45, 2.75) is 6.92 Å². The lowest BCUT2D eigenvalue weighted by Gasteiger charge is -2.08. The molecule has 0 aliphatic carbocycles. The Kier molecular flexibility index (Phi) is 5.29. The molecule has 3 aromatic rings. The first-order valence-corrected chi connectivity index (χ1v) is 8.30. The number of hydrogen-bond acceptors (Lipinski definition) is 4. The van der Waals surface area contributed by atoms with Crippen molar-refractivity contribution in [1.29, 1.82) is 0 Å². The van der Waals surface area contributed by atoms with E-state index in [2.05, 4.69) is 15.6 Å². The zero-order valence-electron chi connectivity index (χ0n) is 14.0. The Morgan fingerprint density at radius 3 is 2.27 bits per heavy atom. The third-order valence-electron chi connectivity index (χ3n) is 3.67. The Labute approximate surface area is 156 Å². The minimum Gasteiger partial charge on any atom is -0.340 e. The second kappa shape index (κ2) is 7.80. The highest BCUT2D eigenvalue weighted by Crippen LogP contribution is 2.19. The van der Waals surface area contributed by atoms with Crippen LogP contribution < -0.4 is 10.6 Å². The molecule has 6 heteroatoms. The van der Waals surface area contributed by atoms with E-state index in [1.807, 2.05) is 12.1 Å². The Morgan fingerprint density at radius 2 is 1.65 bits per heavy atom. The summed E-state index contributed by atoms with van der Waals surface area (Å²) >= 11 is 5.95. The number of anilines is 3. The largest absolute Gasteiger partial charge is 0.340 e. The first kappa shape index (κ1) is 17.6. The number of amides is 1. The first-order chi connectivity index (χ1) is 12.5. The van der Waals surface area contributed by atoms with Gasteiger partial charge in [-0.1, -0.05) is 17.7 Å². The number of benzene rings is 2. The standard InChI is InChI=1S/C20H16ClN3O2/c1-13(25)14-5-8-17(9-6-14)24-20(26)15-7-10-19(22-12-15)23-18-4-2-3-16(21)11-18/h2-12H,1H3,(H,22,23)(H,24,26). The van der Waals surface area contributed by atoms with Gasteiger partial charge in [-0.15, -0.1) is 0 Å².